The minimum absolute atomic E-state index is 0.0277. The van der Waals surface area contributed by atoms with Crippen LogP contribution in [-0.2, 0) is 26.8 Å². The van der Waals surface area contributed by atoms with Gasteiger partial charge in [0.1, 0.15) is 5.82 Å². The highest BCUT2D eigenvalue weighted by atomic mass is 31.3. The van der Waals surface area contributed by atoms with Gasteiger partial charge >= 0.3 is 29.2 Å². The summed E-state index contributed by atoms with van der Waals surface area (Å²) < 4.78 is 46.5. The fourth-order valence-corrected chi connectivity index (χ4v) is 5.90. The number of nitrogen functional groups attached to an aromatic ring is 1. The summed E-state index contributed by atoms with van der Waals surface area (Å²) in [6.45, 7) is -0.666. The SMILES string of the molecule is C#Cc1cn([C@@H]2C[C@H](COP(=O)(O)OP(=O)(O)OP(=O)(O)O)[C@H](O)C2)c(=O)nc1N. The first-order valence-electron chi connectivity index (χ1n) is 7.94. The second kappa shape index (κ2) is 9.00. The number of nitrogens with two attached hydrogens (primary N) is 1. The maximum Gasteiger partial charge on any atom is 0.490 e. The molecule has 1 heterocycles. The van der Waals surface area contributed by atoms with Crippen molar-refractivity contribution in [2.24, 2.45) is 5.92 Å². The quantitative estimate of drug-likeness (QED) is 0.199. The fourth-order valence-electron chi connectivity index (χ4n) is 2.83. The van der Waals surface area contributed by atoms with Crippen molar-refractivity contribution in [1.82, 2.24) is 9.55 Å². The van der Waals surface area contributed by atoms with Gasteiger partial charge in [-0.05, 0) is 12.8 Å². The van der Waals surface area contributed by atoms with Crippen molar-refractivity contribution in [2.75, 3.05) is 12.3 Å². The van der Waals surface area contributed by atoms with Gasteiger partial charge < -0.3 is 30.4 Å². The van der Waals surface area contributed by atoms with E-state index in [2.05, 4.69) is 24.0 Å². The molecule has 0 amide bonds. The van der Waals surface area contributed by atoms with Gasteiger partial charge in [0.25, 0.3) is 0 Å². The number of aromatic nitrogens is 2. The van der Waals surface area contributed by atoms with Crippen molar-refractivity contribution in [2.45, 2.75) is 25.0 Å². The molecule has 1 fully saturated rings. The van der Waals surface area contributed by atoms with Gasteiger partial charge in [-0.3, -0.25) is 9.09 Å². The van der Waals surface area contributed by atoms with Crippen LogP contribution in [0, 0.1) is 18.3 Å². The minimum atomic E-state index is -5.64. The van der Waals surface area contributed by atoms with E-state index in [1.54, 1.807) is 0 Å². The molecule has 1 saturated carbocycles. The Hall–Kier alpha value is -1.39. The van der Waals surface area contributed by atoms with Crippen LogP contribution in [0.5, 0.6) is 0 Å². The molecule has 0 bridgehead atoms. The van der Waals surface area contributed by atoms with Gasteiger partial charge in [0, 0.05) is 18.2 Å². The highest BCUT2D eigenvalue weighted by Crippen LogP contribution is 2.66. The number of aliphatic hydroxyl groups excluding tert-OH is 1. The van der Waals surface area contributed by atoms with Crippen molar-refractivity contribution in [3.05, 3.63) is 22.2 Å². The number of hydrogen-bond donors (Lipinski definition) is 6. The molecule has 168 valence electrons. The van der Waals surface area contributed by atoms with Crippen molar-refractivity contribution < 1.29 is 51.5 Å². The molecule has 15 nitrogen and oxygen atoms in total. The zero-order chi connectivity index (χ0) is 22.9. The molecular weight excluding hydrogens is 471 g/mol. The molecule has 0 aromatic carbocycles. The maximum atomic E-state index is 12.0. The van der Waals surface area contributed by atoms with Gasteiger partial charge in [-0.2, -0.15) is 13.6 Å². The van der Waals surface area contributed by atoms with Crippen LogP contribution in [0.3, 0.4) is 0 Å². The number of hydrogen-bond acceptors (Lipinski definition) is 10. The largest absolute Gasteiger partial charge is 0.490 e. The molecule has 1 aliphatic rings. The maximum absolute atomic E-state index is 12.0. The molecule has 0 radical (unpaired) electrons. The lowest BCUT2D eigenvalue weighted by Crippen LogP contribution is -2.27. The van der Waals surface area contributed by atoms with Crippen LogP contribution in [0.2, 0.25) is 0 Å². The molecule has 1 aromatic heterocycles. The summed E-state index contributed by atoms with van der Waals surface area (Å²) in [6.07, 6.45) is 5.54. The van der Waals surface area contributed by atoms with Crippen LogP contribution < -0.4 is 11.4 Å². The van der Waals surface area contributed by atoms with Gasteiger partial charge in [0.15, 0.2) is 0 Å². The monoisotopic (exact) mass is 489 g/mol. The smallest absolute Gasteiger partial charge is 0.393 e. The Bertz CT molecular complexity index is 1050. The van der Waals surface area contributed by atoms with Crippen LogP contribution in [0.15, 0.2) is 11.0 Å². The van der Waals surface area contributed by atoms with E-state index >= 15 is 0 Å². The Balaban J connectivity index is 2.05. The van der Waals surface area contributed by atoms with Crippen LogP contribution in [0.4, 0.5) is 5.82 Å². The average Bonchev–Trinajstić information content (AvgIpc) is 2.90. The number of nitrogens with zero attached hydrogens (tertiary/aromatic N) is 2. The first-order valence-corrected chi connectivity index (χ1v) is 12.5. The summed E-state index contributed by atoms with van der Waals surface area (Å²) in [6, 6.07) is -0.609. The lowest BCUT2D eigenvalue weighted by molar-refractivity contribution is 0.0834. The Morgan fingerprint density at radius 2 is 1.83 bits per heavy atom. The third-order valence-corrected chi connectivity index (χ3v) is 7.83. The summed E-state index contributed by atoms with van der Waals surface area (Å²) >= 11 is 0. The summed E-state index contributed by atoms with van der Waals surface area (Å²) in [5, 5.41) is 10.2. The number of terminal acetylenes is 1. The first-order chi connectivity index (χ1) is 13.6. The van der Waals surface area contributed by atoms with Crippen molar-refractivity contribution >= 4 is 29.3 Å². The number of rotatable bonds is 8. The third-order valence-electron chi connectivity index (χ3n) is 4.03. The Kier molecular flexibility index (Phi) is 7.46. The number of phosphoric ester groups is 1. The van der Waals surface area contributed by atoms with Crippen LogP contribution in [0.25, 0.3) is 0 Å². The molecule has 2 rings (SSSR count). The molecule has 30 heavy (non-hydrogen) atoms. The normalized spacial score (nSPS) is 25.9. The first kappa shape index (κ1) is 24.9. The molecule has 0 aliphatic heterocycles. The Morgan fingerprint density at radius 1 is 1.20 bits per heavy atom. The van der Waals surface area contributed by atoms with E-state index in [4.69, 9.17) is 26.8 Å². The summed E-state index contributed by atoms with van der Waals surface area (Å²) in [4.78, 5) is 51.2. The molecule has 1 aromatic rings. The van der Waals surface area contributed by atoms with Gasteiger partial charge in [-0.15, -0.1) is 6.42 Å². The molecule has 7 N–H and O–H groups in total. The number of anilines is 1. The number of phosphoric acid groups is 3. The summed E-state index contributed by atoms with van der Waals surface area (Å²) in [5.74, 6) is 1.29. The Morgan fingerprint density at radius 3 is 2.40 bits per heavy atom. The van der Waals surface area contributed by atoms with E-state index in [9.17, 15) is 28.5 Å². The molecule has 1 aliphatic carbocycles. The Labute approximate surface area is 168 Å². The highest BCUT2D eigenvalue weighted by molar-refractivity contribution is 7.66. The van der Waals surface area contributed by atoms with Crippen LogP contribution in [-0.4, -0.2) is 46.9 Å². The predicted molar refractivity (Wildman–Crippen MR) is 98.4 cm³/mol. The highest BCUT2D eigenvalue weighted by Gasteiger charge is 2.42. The molecular formula is C12H18N3O12P3. The zero-order valence-corrected chi connectivity index (χ0v) is 17.6. The lowest BCUT2D eigenvalue weighted by Gasteiger charge is -2.19. The molecule has 2 unspecified atom stereocenters. The summed E-state index contributed by atoms with van der Waals surface area (Å²) in [7, 11) is -16.5. The van der Waals surface area contributed by atoms with Gasteiger partial charge in [-0.1, -0.05) is 5.92 Å². The molecule has 5 atom stereocenters. The molecule has 18 heteroatoms. The number of aliphatic hydroxyl groups is 1. The third kappa shape index (κ3) is 6.81. The van der Waals surface area contributed by atoms with Gasteiger partial charge in [0.05, 0.1) is 18.3 Å². The van der Waals surface area contributed by atoms with Gasteiger partial charge in [0.2, 0.25) is 0 Å². The van der Waals surface area contributed by atoms with E-state index in [0.717, 1.165) is 4.57 Å². The van der Waals surface area contributed by atoms with E-state index < -0.39 is 53.8 Å². The lowest BCUT2D eigenvalue weighted by atomic mass is 10.1. The van der Waals surface area contributed by atoms with Gasteiger partial charge in [-0.25, -0.2) is 18.5 Å². The van der Waals surface area contributed by atoms with Crippen LogP contribution in [0.1, 0.15) is 24.4 Å². The molecule has 0 spiro atoms. The van der Waals surface area contributed by atoms with E-state index in [1.807, 2.05) is 0 Å². The second-order valence-corrected chi connectivity index (χ2v) is 10.6. The minimum Gasteiger partial charge on any atom is -0.393 e. The fraction of sp³-hybridized carbons (Fsp3) is 0.500. The zero-order valence-electron chi connectivity index (χ0n) is 14.9. The van der Waals surface area contributed by atoms with Crippen molar-refractivity contribution in [1.29, 1.82) is 0 Å². The molecule has 0 saturated heterocycles. The summed E-state index contributed by atoms with van der Waals surface area (Å²) in [5.41, 5.74) is 4.96. The van der Waals surface area contributed by atoms with Crippen LogP contribution >= 0.6 is 23.5 Å². The van der Waals surface area contributed by atoms with E-state index in [0.29, 0.717) is 0 Å². The van der Waals surface area contributed by atoms with Crippen molar-refractivity contribution in [3.8, 4) is 12.3 Å². The average molecular weight is 489 g/mol. The topological polar surface area (TPSA) is 241 Å². The van der Waals surface area contributed by atoms with Crippen molar-refractivity contribution in [3.63, 3.8) is 0 Å². The van der Waals surface area contributed by atoms with E-state index in [1.165, 1.54) is 6.20 Å². The van der Waals surface area contributed by atoms with E-state index in [-0.39, 0.29) is 24.2 Å². The standard InChI is InChI=1S/C12H18N3O12P3/c1-2-7-5-15(12(17)14-11(7)13)9-3-8(10(16)4-9)6-25-29(21,22)27-30(23,24)26-28(18,19)20/h1,5,8-10,16H,3-4,6H2,(H,21,22)(H,23,24)(H2,13,14,17)(H2,18,19,20)/t8-,9-,10-/m1/s1. The second-order valence-electron chi connectivity index (χ2n) is 6.21. The predicted octanol–water partition coefficient (Wildman–Crippen LogP) is -0.538.